The van der Waals surface area contributed by atoms with Crippen molar-refractivity contribution in [3.8, 4) is 0 Å². The van der Waals surface area contributed by atoms with Crippen LogP contribution in [0, 0.1) is 23.2 Å². The molecule has 7 N–H and O–H groups in total. The van der Waals surface area contributed by atoms with Crippen molar-refractivity contribution in [2.45, 2.75) is 77.2 Å². The third-order valence-corrected chi connectivity index (χ3v) is 9.70. The number of alkyl halides is 1. The number of fused-ring (bicyclic) bond motifs is 1. The molecule has 2 amide bonds. The van der Waals surface area contributed by atoms with E-state index in [0.717, 1.165) is 69.6 Å². The van der Waals surface area contributed by atoms with Crippen LogP contribution in [0.15, 0.2) is 11.4 Å². The normalized spacial score (nSPS) is 31.7. The third kappa shape index (κ3) is 6.13. The number of carbonyl (C=O) groups excluding carboxylic acids is 2. The third-order valence-electron chi connectivity index (χ3n) is 9.70. The van der Waals surface area contributed by atoms with Crippen LogP contribution in [0.2, 0.25) is 0 Å². The largest absolute Gasteiger partial charge is 0.373 e. The van der Waals surface area contributed by atoms with Gasteiger partial charge in [-0.1, -0.05) is 26.7 Å². The lowest BCUT2D eigenvalue weighted by Crippen LogP contribution is -2.59. The minimum atomic E-state index is -0.949. The molecule has 3 saturated heterocycles. The molecular formula is C27H48FN7O2. The smallest absolute Gasteiger partial charge is 0.231 e. The molecule has 3 unspecified atom stereocenters. The molecule has 0 saturated carbocycles. The number of hydrogen-bond donors (Lipinski definition) is 5. The molecule has 4 heterocycles. The fraction of sp³-hybridized carbons (Fsp3) is 0.852. The highest BCUT2D eigenvalue weighted by molar-refractivity contribution is 5.82. The molecule has 0 aromatic heterocycles. The molecule has 0 aliphatic carbocycles. The number of likely N-dealkylation sites (tertiary alicyclic amines) is 2. The zero-order chi connectivity index (χ0) is 26.7. The number of hydrogen-bond acceptors (Lipinski definition) is 7. The lowest BCUT2D eigenvalue weighted by Gasteiger charge is -2.42. The van der Waals surface area contributed by atoms with Gasteiger partial charge in [-0.25, -0.2) is 4.39 Å². The van der Waals surface area contributed by atoms with Crippen LogP contribution in [0.1, 0.15) is 58.8 Å². The van der Waals surface area contributed by atoms with Gasteiger partial charge in [0.05, 0.1) is 23.7 Å². The van der Waals surface area contributed by atoms with Gasteiger partial charge in [-0.2, -0.15) is 0 Å². The Hall–Kier alpha value is -1.75. The molecule has 0 aromatic carbocycles. The van der Waals surface area contributed by atoms with Gasteiger partial charge < -0.3 is 37.2 Å². The molecule has 0 radical (unpaired) electrons. The number of rotatable bonds is 7. The van der Waals surface area contributed by atoms with E-state index in [0.29, 0.717) is 25.4 Å². The van der Waals surface area contributed by atoms with Gasteiger partial charge in [-0.3, -0.25) is 9.59 Å². The molecule has 10 heteroatoms. The molecule has 4 aliphatic rings. The summed E-state index contributed by atoms with van der Waals surface area (Å²) < 4.78 is 14.6. The van der Waals surface area contributed by atoms with E-state index >= 15 is 0 Å². The summed E-state index contributed by atoms with van der Waals surface area (Å²) in [5, 5.41) is 9.88. The van der Waals surface area contributed by atoms with Gasteiger partial charge in [0, 0.05) is 64.5 Å². The molecule has 3 fully saturated rings. The number of nitrogens with one attached hydrogen (secondary N) is 3. The van der Waals surface area contributed by atoms with Crippen LogP contribution in [0.4, 0.5) is 4.39 Å². The molecule has 210 valence electrons. The molecule has 9 nitrogen and oxygen atoms in total. The lowest BCUT2D eigenvalue weighted by atomic mass is 9.70. The van der Waals surface area contributed by atoms with E-state index in [9.17, 15) is 14.0 Å². The first-order chi connectivity index (χ1) is 17.7. The number of amides is 2. The Morgan fingerprint density at radius 3 is 2.70 bits per heavy atom. The van der Waals surface area contributed by atoms with Crippen LogP contribution >= 0.6 is 0 Å². The maximum Gasteiger partial charge on any atom is 0.231 e. The Bertz CT molecular complexity index is 862. The Balaban J connectivity index is 1.53. The molecule has 0 aromatic rings. The van der Waals surface area contributed by atoms with Gasteiger partial charge >= 0.3 is 0 Å². The van der Waals surface area contributed by atoms with Crippen LogP contribution in [0.5, 0.6) is 0 Å². The summed E-state index contributed by atoms with van der Waals surface area (Å²) in [6.45, 7) is 8.28. The summed E-state index contributed by atoms with van der Waals surface area (Å²) in [4.78, 5) is 30.6. The van der Waals surface area contributed by atoms with Crippen molar-refractivity contribution in [3.05, 3.63) is 11.4 Å². The number of carbonyl (C=O) groups is 2. The predicted molar refractivity (Wildman–Crippen MR) is 143 cm³/mol. The number of piperidine rings is 1. The summed E-state index contributed by atoms with van der Waals surface area (Å²) >= 11 is 0. The summed E-state index contributed by atoms with van der Waals surface area (Å²) in [6.07, 6.45) is 3.87. The zero-order valence-corrected chi connectivity index (χ0v) is 22.9. The van der Waals surface area contributed by atoms with Crippen molar-refractivity contribution in [1.82, 2.24) is 25.8 Å². The fourth-order valence-corrected chi connectivity index (χ4v) is 7.10. The summed E-state index contributed by atoms with van der Waals surface area (Å²) in [5.41, 5.74) is 14.4. The second kappa shape index (κ2) is 12.0. The lowest BCUT2D eigenvalue weighted by molar-refractivity contribution is -0.131. The van der Waals surface area contributed by atoms with Crippen LogP contribution in [0.3, 0.4) is 0 Å². The van der Waals surface area contributed by atoms with Gasteiger partial charge in [0.2, 0.25) is 11.8 Å². The highest BCUT2D eigenvalue weighted by Gasteiger charge is 2.43. The summed E-state index contributed by atoms with van der Waals surface area (Å²) in [5.74, 6) is -0.245. The Labute approximate surface area is 221 Å². The quantitative estimate of drug-likeness (QED) is 0.314. The van der Waals surface area contributed by atoms with Crippen molar-refractivity contribution in [1.29, 1.82) is 0 Å². The van der Waals surface area contributed by atoms with E-state index in [1.807, 2.05) is 11.9 Å². The maximum absolute atomic E-state index is 14.6. The van der Waals surface area contributed by atoms with Gasteiger partial charge in [0.25, 0.3) is 0 Å². The standard InChI is InChI=1S/C27H48FN7O2/c1-4-27(5-2)9-6-18(28)13-32-20(12-27)23(24(29)30)25(36)33-21-14-31-10-7-22(21)35-11-8-17-15-34(3)26(37)19(17)16-35/h17-20,23-24,31-32H,4-16,29-30H2,1-3H3,(H,33,36)/t17-,18?,19-,20?,23?/m0/s1. The van der Waals surface area contributed by atoms with E-state index in [1.54, 1.807) is 0 Å². The van der Waals surface area contributed by atoms with Crippen LogP contribution < -0.4 is 27.4 Å². The van der Waals surface area contributed by atoms with Gasteiger partial charge in [-0.05, 0) is 37.0 Å². The first kappa shape index (κ1) is 28.3. The first-order valence-corrected chi connectivity index (χ1v) is 14.3. The molecule has 37 heavy (non-hydrogen) atoms. The molecule has 0 bridgehead atoms. The minimum Gasteiger partial charge on any atom is -0.373 e. The van der Waals surface area contributed by atoms with E-state index in [4.69, 9.17) is 11.5 Å². The average Bonchev–Trinajstić information content (AvgIpc) is 3.16. The van der Waals surface area contributed by atoms with Gasteiger partial charge in [-0.15, -0.1) is 0 Å². The molecular weight excluding hydrogens is 473 g/mol. The van der Waals surface area contributed by atoms with Gasteiger partial charge in [0.1, 0.15) is 6.17 Å². The van der Waals surface area contributed by atoms with E-state index in [-0.39, 0.29) is 35.7 Å². The van der Waals surface area contributed by atoms with Crippen molar-refractivity contribution in [3.63, 3.8) is 0 Å². The van der Waals surface area contributed by atoms with Crippen molar-refractivity contribution < 1.29 is 14.0 Å². The topological polar surface area (TPSA) is 129 Å². The molecule has 4 aliphatic heterocycles. The number of halogens is 1. The fourth-order valence-electron chi connectivity index (χ4n) is 7.10. The Morgan fingerprint density at radius 2 is 2.00 bits per heavy atom. The average molecular weight is 522 g/mol. The second-order valence-electron chi connectivity index (χ2n) is 11.8. The van der Waals surface area contributed by atoms with Crippen LogP contribution in [0.25, 0.3) is 0 Å². The highest BCUT2D eigenvalue weighted by Crippen LogP contribution is 2.40. The van der Waals surface area contributed by atoms with E-state index < -0.39 is 18.3 Å². The molecule has 4 rings (SSSR count). The first-order valence-electron chi connectivity index (χ1n) is 14.3. The van der Waals surface area contributed by atoms with Crippen molar-refractivity contribution >= 4 is 11.8 Å². The predicted octanol–water partition coefficient (Wildman–Crippen LogP) is 0.864. The maximum atomic E-state index is 14.6. The van der Waals surface area contributed by atoms with Gasteiger partial charge in [0.15, 0.2) is 0 Å². The SMILES string of the molecule is CCC1(CC)CCC(F)CNC(C(C(=O)NC2=C(N3CC[C@H]4CN(C)C(=O)[C@H]4C3)CCNC2)C(N)N)C1. The minimum absolute atomic E-state index is 0.0206. The van der Waals surface area contributed by atoms with E-state index in [2.05, 4.69) is 34.7 Å². The summed E-state index contributed by atoms with van der Waals surface area (Å²) in [7, 11) is 1.89. The van der Waals surface area contributed by atoms with Crippen LogP contribution in [-0.4, -0.2) is 86.3 Å². The van der Waals surface area contributed by atoms with Crippen molar-refractivity contribution in [2.75, 3.05) is 46.3 Å². The summed E-state index contributed by atoms with van der Waals surface area (Å²) in [6, 6.07) is -0.304. The molecule has 5 atom stereocenters. The second-order valence-corrected chi connectivity index (χ2v) is 11.8. The number of nitrogens with two attached hydrogens (primary N) is 2. The monoisotopic (exact) mass is 521 g/mol. The highest BCUT2D eigenvalue weighted by atomic mass is 19.1. The van der Waals surface area contributed by atoms with Crippen molar-refractivity contribution in [2.24, 2.45) is 34.6 Å². The molecule has 0 spiro atoms. The van der Waals surface area contributed by atoms with E-state index in [1.165, 1.54) is 0 Å². The zero-order valence-electron chi connectivity index (χ0n) is 22.9. The Morgan fingerprint density at radius 1 is 1.24 bits per heavy atom. The number of nitrogens with zero attached hydrogens (tertiary/aromatic N) is 2. The van der Waals surface area contributed by atoms with Crippen LogP contribution in [-0.2, 0) is 9.59 Å². The Kier molecular flexibility index (Phi) is 9.14.